The summed E-state index contributed by atoms with van der Waals surface area (Å²) in [7, 11) is 0. The average molecular weight is 437 g/mol. The fraction of sp³-hybridized carbons (Fsp3) is 0.391. The number of fused-ring (bicyclic) bond motifs is 1. The highest BCUT2D eigenvalue weighted by atomic mass is 32.1. The van der Waals surface area contributed by atoms with Crippen LogP contribution < -0.4 is 10.6 Å². The maximum atomic E-state index is 7.07. The Hall–Kier alpha value is -2.84. The van der Waals surface area contributed by atoms with E-state index in [0.29, 0.717) is 17.5 Å². The van der Waals surface area contributed by atoms with Crippen LogP contribution in [0.15, 0.2) is 58.7 Å². The molecule has 1 fully saturated rings. The summed E-state index contributed by atoms with van der Waals surface area (Å²) in [4.78, 5) is 7.05. The lowest BCUT2D eigenvalue weighted by molar-refractivity contribution is 0.264. The van der Waals surface area contributed by atoms with Gasteiger partial charge in [-0.1, -0.05) is 35.6 Å². The summed E-state index contributed by atoms with van der Waals surface area (Å²) in [6, 6.07) is 16.4. The molecule has 2 aromatic carbocycles. The van der Waals surface area contributed by atoms with Crippen molar-refractivity contribution >= 4 is 27.4 Å². The molecule has 31 heavy (non-hydrogen) atoms. The molecule has 7 nitrogen and oxygen atoms in total. The fourth-order valence-corrected chi connectivity index (χ4v) is 4.41. The van der Waals surface area contributed by atoms with Gasteiger partial charge in [0.2, 0.25) is 0 Å². The molecule has 0 radical (unpaired) electrons. The van der Waals surface area contributed by atoms with Gasteiger partial charge in [-0.25, -0.2) is 10.5 Å². The number of para-hydroxylation sites is 1. The number of nitrogens with zero attached hydrogens (tertiary/aromatic N) is 4. The highest BCUT2D eigenvalue weighted by Crippen LogP contribution is 2.31. The van der Waals surface area contributed by atoms with E-state index in [9.17, 15) is 0 Å². The van der Waals surface area contributed by atoms with Crippen molar-refractivity contribution < 1.29 is 4.74 Å². The number of benzene rings is 2. The Balaban J connectivity index is 1.28. The lowest BCUT2D eigenvalue weighted by Crippen LogP contribution is -2.29. The van der Waals surface area contributed by atoms with Gasteiger partial charge in [-0.2, -0.15) is 5.10 Å². The quantitative estimate of drug-likeness (QED) is 0.138. The number of ether oxygens (including phenoxy) is 1. The number of rotatable bonds is 11. The van der Waals surface area contributed by atoms with Gasteiger partial charge in [0.05, 0.1) is 10.2 Å². The zero-order valence-electron chi connectivity index (χ0n) is 17.5. The van der Waals surface area contributed by atoms with Gasteiger partial charge in [0, 0.05) is 19.5 Å². The van der Waals surface area contributed by atoms with Crippen molar-refractivity contribution in [2.75, 3.05) is 19.6 Å². The average Bonchev–Trinajstić information content (AvgIpc) is 3.52. The normalized spacial score (nSPS) is 14.3. The summed E-state index contributed by atoms with van der Waals surface area (Å²) in [6.07, 6.45) is 5.24. The van der Waals surface area contributed by atoms with E-state index in [1.807, 2.05) is 30.3 Å². The van der Waals surface area contributed by atoms with Gasteiger partial charge >= 0.3 is 0 Å². The van der Waals surface area contributed by atoms with Crippen LogP contribution in [0.25, 0.3) is 10.2 Å². The second-order valence-corrected chi connectivity index (χ2v) is 8.94. The predicted molar refractivity (Wildman–Crippen MR) is 125 cm³/mol. The van der Waals surface area contributed by atoms with Gasteiger partial charge in [0.1, 0.15) is 5.75 Å². The van der Waals surface area contributed by atoms with Gasteiger partial charge in [-0.3, -0.25) is 0 Å². The van der Waals surface area contributed by atoms with Crippen LogP contribution in [0.1, 0.15) is 31.2 Å². The third kappa shape index (κ3) is 6.32. The van der Waals surface area contributed by atoms with Crippen molar-refractivity contribution in [1.82, 2.24) is 9.88 Å². The summed E-state index contributed by atoms with van der Waals surface area (Å²) in [5.41, 5.74) is 9.33. The third-order valence-corrected chi connectivity index (χ3v) is 6.40. The number of nitrogens with one attached hydrogen (secondary N) is 1. The number of nitrogens with two attached hydrogens (primary N) is 1. The Kier molecular flexibility index (Phi) is 7.22. The van der Waals surface area contributed by atoms with Crippen molar-refractivity contribution in [2.24, 2.45) is 22.0 Å². The van der Waals surface area contributed by atoms with Crippen molar-refractivity contribution in [3.63, 3.8) is 0 Å². The molecule has 0 amide bonds. The molecule has 1 aromatic heterocycles. The molecule has 3 N–H and O–H groups in total. The lowest BCUT2D eigenvalue weighted by atomic mass is 10.1. The Labute approximate surface area is 186 Å². The van der Waals surface area contributed by atoms with E-state index < -0.39 is 0 Å². The number of aromatic nitrogens is 1. The Morgan fingerprint density at radius 2 is 1.97 bits per heavy atom. The molecule has 0 aliphatic heterocycles. The van der Waals surface area contributed by atoms with Crippen LogP contribution >= 0.6 is 11.3 Å². The number of hydrogen-bond donors (Lipinski definition) is 2. The molecular weight excluding hydrogens is 408 g/mol. The highest BCUT2D eigenvalue weighted by molar-refractivity contribution is 7.20. The highest BCUT2D eigenvalue weighted by Gasteiger charge is 2.24. The van der Waals surface area contributed by atoms with Gasteiger partial charge in [0.15, 0.2) is 5.84 Å². The number of thiazole rings is 1. The molecular formula is C23H28N6OS. The second-order valence-electron chi connectivity index (χ2n) is 7.95. The first kappa shape index (κ1) is 21.4. The Morgan fingerprint density at radius 3 is 2.68 bits per heavy atom. The minimum Gasteiger partial charge on any atom is -0.431 e. The zero-order valence-corrected chi connectivity index (χ0v) is 18.4. The van der Waals surface area contributed by atoms with Crippen LogP contribution in [0, 0.1) is 11.4 Å². The predicted octanol–water partition coefficient (Wildman–Crippen LogP) is 5.43. The van der Waals surface area contributed by atoms with Crippen LogP contribution in [0.5, 0.6) is 10.9 Å². The van der Waals surface area contributed by atoms with Gasteiger partial charge in [-0.05, 0) is 68.0 Å². The first-order valence-electron chi connectivity index (χ1n) is 10.7. The van der Waals surface area contributed by atoms with E-state index in [4.69, 9.17) is 16.1 Å². The van der Waals surface area contributed by atoms with Gasteiger partial charge < -0.3 is 15.5 Å². The zero-order chi connectivity index (χ0) is 21.5. The van der Waals surface area contributed by atoms with E-state index in [0.717, 1.165) is 54.4 Å². The molecule has 1 heterocycles. The van der Waals surface area contributed by atoms with Crippen molar-refractivity contribution in [3.8, 4) is 10.9 Å². The molecule has 1 aliphatic rings. The summed E-state index contributed by atoms with van der Waals surface area (Å²) in [5, 5.41) is 7.58. The molecule has 1 saturated carbocycles. The van der Waals surface area contributed by atoms with E-state index in [2.05, 4.69) is 38.3 Å². The second kappa shape index (κ2) is 10.5. The van der Waals surface area contributed by atoms with Gasteiger partial charge in [0.25, 0.3) is 5.19 Å². The SMILES string of the molecule is N=N/C(CCCN(CCc1ccc(Oc2nc3ccccc3s2)cc1)CC1CC1)=N\N. The van der Waals surface area contributed by atoms with Crippen LogP contribution in [0.2, 0.25) is 0 Å². The van der Waals surface area contributed by atoms with E-state index in [1.165, 1.54) is 18.4 Å². The summed E-state index contributed by atoms with van der Waals surface area (Å²) in [6.45, 7) is 3.14. The monoisotopic (exact) mass is 436 g/mol. The van der Waals surface area contributed by atoms with Crippen LogP contribution in [0.4, 0.5) is 0 Å². The third-order valence-electron chi connectivity index (χ3n) is 5.49. The topological polar surface area (TPSA) is 100.0 Å². The molecule has 0 saturated heterocycles. The van der Waals surface area contributed by atoms with E-state index in [1.54, 1.807) is 11.3 Å². The minimum absolute atomic E-state index is 0.412. The van der Waals surface area contributed by atoms with E-state index >= 15 is 0 Å². The smallest absolute Gasteiger partial charge is 0.279 e. The molecule has 8 heteroatoms. The molecule has 162 valence electrons. The molecule has 0 bridgehead atoms. The molecule has 1 aliphatic carbocycles. The van der Waals surface area contributed by atoms with Crippen LogP contribution in [0.3, 0.4) is 0 Å². The maximum Gasteiger partial charge on any atom is 0.279 e. The summed E-state index contributed by atoms with van der Waals surface area (Å²) < 4.78 is 7.08. The van der Waals surface area contributed by atoms with E-state index in [-0.39, 0.29) is 0 Å². The number of hydrazone groups is 1. The van der Waals surface area contributed by atoms with Crippen molar-refractivity contribution in [1.29, 1.82) is 5.53 Å². The molecule has 0 unspecified atom stereocenters. The van der Waals surface area contributed by atoms with Crippen LogP contribution in [-0.2, 0) is 6.42 Å². The number of hydrogen-bond acceptors (Lipinski definition) is 7. The summed E-state index contributed by atoms with van der Waals surface area (Å²) in [5.74, 6) is 7.32. The maximum absolute atomic E-state index is 7.07. The number of amidine groups is 1. The lowest BCUT2D eigenvalue weighted by Gasteiger charge is -2.22. The van der Waals surface area contributed by atoms with Crippen molar-refractivity contribution in [2.45, 2.75) is 32.1 Å². The Bertz CT molecular complexity index is 995. The first-order chi connectivity index (χ1) is 15.2. The fourth-order valence-electron chi connectivity index (χ4n) is 3.58. The first-order valence-corrected chi connectivity index (χ1v) is 11.5. The minimum atomic E-state index is 0.412. The largest absolute Gasteiger partial charge is 0.431 e. The molecule has 4 rings (SSSR count). The Morgan fingerprint density at radius 1 is 1.16 bits per heavy atom. The molecule has 0 atom stereocenters. The molecule has 3 aromatic rings. The van der Waals surface area contributed by atoms with Gasteiger partial charge in [-0.15, -0.1) is 5.11 Å². The van der Waals surface area contributed by atoms with Crippen molar-refractivity contribution in [3.05, 3.63) is 54.1 Å². The molecule has 0 spiro atoms. The summed E-state index contributed by atoms with van der Waals surface area (Å²) >= 11 is 1.56. The van der Waals surface area contributed by atoms with Crippen LogP contribution in [-0.4, -0.2) is 35.4 Å². The standard InChI is InChI=1S/C23H28N6OS/c24-27-22(28-25)6-3-14-29(16-18-7-8-18)15-13-17-9-11-19(12-10-17)30-23-26-20-4-1-2-5-21(20)31-23/h1-2,4-5,9-12,18,24H,3,6-8,13-16,25H2/b27-24?,28-22-.